The average Bonchev–Trinajstić information content (AvgIpc) is 3.83. The molecule has 5 heteroatoms. The Hall–Kier alpha value is -7.63. The average molecular weight is 717 g/mol. The van der Waals surface area contributed by atoms with E-state index in [1.54, 1.807) is 0 Å². The molecule has 0 saturated carbocycles. The molecule has 0 bridgehead atoms. The Morgan fingerprint density at radius 2 is 0.804 bits per heavy atom. The fourth-order valence-electron chi connectivity index (χ4n) is 8.03. The molecular formula is C51H32N4O. The molecule has 262 valence electrons. The summed E-state index contributed by atoms with van der Waals surface area (Å²) in [5, 5.41) is 4.55. The van der Waals surface area contributed by atoms with Gasteiger partial charge in [0.15, 0.2) is 17.5 Å². The molecule has 5 nitrogen and oxygen atoms in total. The van der Waals surface area contributed by atoms with Crippen molar-refractivity contribution in [1.29, 1.82) is 0 Å². The fraction of sp³-hybridized carbons (Fsp3) is 0. The van der Waals surface area contributed by atoms with Crippen LogP contribution in [0.2, 0.25) is 0 Å². The predicted molar refractivity (Wildman–Crippen MR) is 229 cm³/mol. The summed E-state index contributed by atoms with van der Waals surface area (Å²) in [4.78, 5) is 15.4. The maximum atomic E-state index is 6.78. The van der Waals surface area contributed by atoms with Crippen molar-refractivity contribution in [3.05, 3.63) is 194 Å². The van der Waals surface area contributed by atoms with E-state index in [9.17, 15) is 0 Å². The second-order valence-electron chi connectivity index (χ2n) is 14.0. The molecule has 0 N–H and O–H groups in total. The molecule has 0 aliphatic carbocycles. The molecule has 3 heterocycles. The summed E-state index contributed by atoms with van der Waals surface area (Å²) < 4.78 is 9.10. The van der Waals surface area contributed by atoms with E-state index in [4.69, 9.17) is 19.4 Å². The van der Waals surface area contributed by atoms with E-state index < -0.39 is 0 Å². The number of nitrogens with zero attached hydrogens (tertiary/aromatic N) is 4. The zero-order chi connectivity index (χ0) is 37.0. The van der Waals surface area contributed by atoms with Crippen LogP contribution in [0.3, 0.4) is 0 Å². The van der Waals surface area contributed by atoms with E-state index in [1.807, 2.05) is 42.5 Å². The minimum Gasteiger partial charge on any atom is -0.455 e. The maximum absolute atomic E-state index is 6.78. The van der Waals surface area contributed by atoms with Crippen molar-refractivity contribution in [2.24, 2.45) is 0 Å². The van der Waals surface area contributed by atoms with Gasteiger partial charge in [-0.2, -0.15) is 0 Å². The van der Waals surface area contributed by atoms with Crippen LogP contribution in [0, 0.1) is 0 Å². The van der Waals surface area contributed by atoms with Crippen molar-refractivity contribution in [2.75, 3.05) is 0 Å². The number of hydrogen-bond donors (Lipinski definition) is 0. The van der Waals surface area contributed by atoms with Crippen molar-refractivity contribution in [1.82, 2.24) is 19.5 Å². The van der Waals surface area contributed by atoms with Crippen molar-refractivity contribution >= 4 is 43.7 Å². The summed E-state index contributed by atoms with van der Waals surface area (Å²) in [6.45, 7) is 0. The van der Waals surface area contributed by atoms with E-state index in [1.165, 1.54) is 10.8 Å². The Morgan fingerprint density at radius 1 is 0.321 bits per heavy atom. The summed E-state index contributed by atoms with van der Waals surface area (Å²) >= 11 is 0. The number of furan rings is 1. The van der Waals surface area contributed by atoms with Crippen LogP contribution in [0.5, 0.6) is 0 Å². The predicted octanol–water partition coefficient (Wildman–Crippen LogP) is 13.2. The van der Waals surface area contributed by atoms with Crippen LogP contribution in [0.4, 0.5) is 0 Å². The first kappa shape index (κ1) is 31.9. The topological polar surface area (TPSA) is 56.7 Å². The lowest BCUT2D eigenvalue weighted by atomic mass is 9.99. The summed E-state index contributed by atoms with van der Waals surface area (Å²) in [7, 11) is 0. The Kier molecular flexibility index (Phi) is 7.42. The van der Waals surface area contributed by atoms with E-state index in [0.29, 0.717) is 17.5 Å². The number of hydrogen-bond acceptors (Lipinski definition) is 4. The molecule has 0 atom stereocenters. The first-order valence-corrected chi connectivity index (χ1v) is 18.8. The van der Waals surface area contributed by atoms with Crippen molar-refractivity contribution in [3.63, 3.8) is 0 Å². The molecule has 11 aromatic rings. The Labute approximate surface area is 322 Å². The fourth-order valence-corrected chi connectivity index (χ4v) is 8.03. The highest BCUT2D eigenvalue weighted by atomic mass is 16.3. The van der Waals surface area contributed by atoms with Crippen LogP contribution in [0.1, 0.15) is 0 Å². The Morgan fingerprint density at radius 3 is 1.50 bits per heavy atom. The smallest absolute Gasteiger partial charge is 0.164 e. The van der Waals surface area contributed by atoms with Gasteiger partial charge in [0.1, 0.15) is 11.2 Å². The number of aromatic nitrogens is 4. The van der Waals surface area contributed by atoms with E-state index in [2.05, 4.69) is 156 Å². The standard InChI is InChI=1S/C51H32N4O/c1-4-15-33(16-5-1)39-24-13-26-43-44-27-14-25-40(48(44)56-47(39)43)35-19-12-20-36(31-35)50-52-49(34-17-6-2-7-18-34)53-51(54-50)37-29-30-42-41-23-10-11-28-45(41)55(46(42)32-37)38-21-8-3-9-22-38/h1-32H. The lowest BCUT2D eigenvalue weighted by molar-refractivity contribution is 0.671. The van der Waals surface area contributed by atoms with Crippen LogP contribution in [-0.4, -0.2) is 19.5 Å². The SMILES string of the molecule is c1ccc(-c2nc(-c3cccc(-c4cccc5c4oc4c(-c6ccccc6)cccc45)c3)nc(-c3ccc4c5ccccc5n(-c5ccccc5)c4c3)n2)cc1. The first-order chi connectivity index (χ1) is 27.8. The Balaban J connectivity index is 1.08. The highest BCUT2D eigenvalue weighted by Crippen LogP contribution is 2.41. The molecule has 3 aromatic heterocycles. The molecule has 0 spiro atoms. The molecule has 0 aliphatic rings. The van der Waals surface area contributed by atoms with Gasteiger partial charge in [-0.15, -0.1) is 0 Å². The lowest BCUT2D eigenvalue weighted by Gasteiger charge is -2.11. The van der Waals surface area contributed by atoms with Gasteiger partial charge in [0.2, 0.25) is 0 Å². The van der Waals surface area contributed by atoms with E-state index in [0.717, 1.165) is 77.6 Å². The van der Waals surface area contributed by atoms with Gasteiger partial charge in [0.25, 0.3) is 0 Å². The molecule has 0 aliphatic heterocycles. The summed E-state index contributed by atoms with van der Waals surface area (Å²) in [6.07, 6.45) is 0. The second-order valence-corrected chi connectivity index (χ2v) is 14.0. The minimum atomic E-state index is 0.600. The van der Waals surface area contributed by atoms with E-state index in [-0.39, 0.29) is 0 Å². The third-order valence-corrected chi connectivity index (χ3v) is 10.7. The number of fused-ring (bicyclic) bond motifs is 6. The number of rotatable bonds is 6. The molecule has 0 unspecified atom stereocenters. The van der Waals surface area contributed by atoms with Gasteiger partial charge >= 0.3 is 0 Å². The van der Waals surface area contributed by atoms with Crippen molar-refractivity contribution < 1.29 is 4.42 Å². The normalized spacial score (nSPS) is 11.6. The molecular weight excluding hydrogens is 685 g/mol. The zero-order valence-corrected chi connectivity index (χ0v) is 30.2. The maximum Gasteiger partial charge on any atom is 0.164 e. The van der Waals surface area contributed by atoms with Crippen LogP contribution in [0.15, 0.2) is 199 Å². The third-order valence-electron chi connectivity index (χ3n) is 10.7. The molecule has 0 saturated heterocycles. The van der Waals surface area contributed by atoms with Gasteiger partial charge in [-0.05, 0) is 41.5 Å². The summed E-state index contributed by atoms with van der Waals surface area (Å²) in [5.74, 6) is 1.83. The largest absolute Gasteiger partial charge is 0.455 e. The summed E-state index contributed by atoms with van der Waals surface area (Å²) in [6, 6.07) is 67.3. The van der Waals surface area contributed by atoms with Crippen LogP contribution >= 0.6 is 0 Å². The number of benzene rings is 8. The van der Waals surface area contributed by atoms with Crippen LogP contribution < -0.4 is 0 Å². The molecule has 0 radical (unpaired) electrons. The van der Waals surface area contributed by atoms with Crippen molar-refractivity contribution in [2.45, 2.75) is 0 Å². The zero-order valence-electron chi connectivity index (χ0n) is 30.2. The lowest BCUT2D eigenvalue weighted by Crippen LogP contribution is -2.00. The second kappa shape index (κ2) is 13.0. The van der Waals surface area contributed by atoms with Gasteiger partial charge < -0.3 is 8.98 Å². The van der Waals surface area contributed by atoms with Gasteiger partial charge in [0.05, 0.1) is 11.0 Å². The van der Waals surface area contributed by atoms with E-state index >= 15 is 0 Å². The number of para-hydroxylation sites is 4. The van der Waals surface area contributed by atoms with Gasteiger partial charge in [-0.1, -0.05) is 164 Å². The molecule has 8 aromatic carbocycles. The minimum absolute atomic E-state index is 0.600. The third kappa shape index (κ3) is 5.29. The van der Waals surface area contributed by atoms with Gasteiger partial charge in [-0.25, -0.2) is 15.0 Å². The molecule has 0 fully saturated rings. The summed E-state index contributed by atoms with van der Waals surface area (Å²) in [5.41, 5.74) is 12.0. The highest BCUT2D eigenvalue weighted by Gasteiger charge is 2.19. The van der Waals surface area contributed by atoms with Gasteiger partial charge in [-0.3, -0.25) is 0 Å². The molecule has 11 rings (SSSR count). The Bertz CT molecular complexity index is 3240. The van der Waals surface area contributed by atoms with Crippen LogP contribution in [0.25, 0.3) is 106 Å². The monoisotopic (exact) mass is 716 g/mol. The first-order valence-electron chi connectivity index (χ1n) is 18.8. The van der Waals surface area contributed by atoms with Gasteiger partial charge in [0, 0.05) is 55.0 Å². The molecule has 0 amide bonds. The van der Waals surface area contributed by atoms with Crippen LogP contribution in [-0.2, 0) is 0 Å². The van der Waals surface area contributed by atoms with Crippen molar-refractivity contribution in [3.8, 4) is 62.1 Å². The highest BCUT2D eigenvalue weighted by molar-refractivity contribution is 6.13. The molecule has 56 heavy (non-hydrogen) atoms. The quantitative estimate of drug-likeness (QED) is 0.172.